The molecular formula is C13H21BrF2O. The van der Waals surface area contributed by atoms with E-state index in [2.05, 4.69) is 15.9 Å². The monoisotopic (exact) mass is 310 g/mol. The van der Waals surface area contributed by atoms with Crippen LogP contribution in [0.3, 0.4) is 0 Å². The van der Waals surface area contributed by atoms with E-state index in [9.17, 15) is 13.6 Å². The summed E-state index contributed by atoms with van der Waals surface area (Å²) in [5.74, 6) is -2.06. The first-order valence-electron chi connectivity index (χ1n) is 6.18. The Bertz CT molecular complexity index is 274. The smallest absolute Gasteiger partial charge is 0.248 e. The minimum absolute atomic E-state index is 0.0267. The van der Waals surface area contributed by atoms with Crippen molar-refractivity contribution in [2.24, 2.45) is 11.3 Å². The highest BCUT2D eigenvalue weighted by Crippen LogP contribution is 2.39. The second-order valence-electron chi connectivity index (χ2n) is 6.12. The fourth-order valence-electron chi connectivity index (χ4n) is 2.21. The Morgan fingerprint density at radius 1 is 1.35 bits per heavy atom. The Morgan fingerprint density at radius 3 is 2.24 bits per heavy atom. The summed E-state index contributed by atoms with van der Waals surface area (Å²) < 4.78 is 26.0. The van der Waals surface area contributed by atoms with Gasteiger partial charge in [0.1, 0.15) is 0 Å². The fourth-order valence-corrected chi connectivity index (χ4v) is 3.42. The fraction of sp³-hybridized carbons (Fsp3) is 0.923. The van der Waals surface area contributed by atoms with Crippen LogP contribution in [-0.4, -0.2) is 16.5 Å². The molecule has 1 atom stereocenters. The average molecular weight is 311 g/mol. The summed E-state index contributed by atoms with van der Waals surface area (Å²) in [4.78, 5) is 11.8. The molecule has 1 nitrogen and oxygen atoms in total. The van der Waals surface area contributed by atoms with E-state index in [1.54, 1.807) is 0 Å². The number of hydrogen-bond acceptors (Lipinski definition) is 1. The van der Waals surface area contributed by atoms with Crippen molar-refractivity contribution in [3.05, 3.63) is 0 Å². The van der Waals surface area contributed by atoms with Gasteiger partial charge in [-0.15, -0.1) is 0 Å². The van der Waals surface area contributed by atoms with E-state index in [0.717, 1.165) is 0 Å². The third kappa shape index (κ3) is 4.65. The van der Waals surface area contributed by atoms with Crippen LogP contribution in [0.4, 0.5) is 8.78 Å². The lowest BCUT2D eigenvalue weighted by molar-refractivity contribution is -0.126. The molecule has 1 rings (SSSR count). The number of halogens is 3. The van der Waals surface area contributed by atoms with Gasteiger partial charge in [-0.05, 0) is 25.2 Å². The zero-order valence-corrected chi connectivity index (χ0v) is 12.3. The molecule has 0 bridgehead atoms. The van der Waals surface area contributed by atoms with Gasteiger partial charge in [0.15, 0.2) is 5.78 Å². The molecule has 0 saturated heterocycles. The van der Waals surface area contributed by atoms with Gasteiger partial charge >= 0.3 is 0 Å². The van der Waals surface area contributed by atoms with Crippen molar-refractivity contribution in [1.82, 2.24) is 0 Å². The Hall–Kier alpha value is 0.01000. The van der Waals surface area contributed by atoms with Crippen molar-refractivity contribution in [3.63, 3.8) is 0 Å². The van der Waals surface area contributed by atoms with Gasteiger partial charge in [0.05, 0.1) is 4.83 Å². The van der Waals surface area contributed by atoms with Crippen LogP contribution in [-0.2, 0) is 4.79 Å². The molecule has 0 radical (unpaired) electrons. The van der Waals surface area contributed by atoms with Crippen molar-refractivity contribution in [3.8, 4) is 0 Å². The van der Waals surface area contributed by atoms with E-state index in [-0.39, 0.29) is 34.8 Å². The van der Waals surface area contributed by atoms with Crippen molar-refractivity contribution in [1.29, 1.82) is 0 Å². The predicted molar refractivity (Wildman–Crippen MR) is 68.7 cm³/mol. The second kappa shape index (κ2) is 5.33. The molecule has 0 amide bonds. The van der Waals surface area contributed by atoms with E-state index in [4.69, 9.17) is 0 Å². The lowest BCUT2D eigenvalue weighted by Gasteiger charge is -2.30. The summed E-state index contributed by atoms with van der Waals surface area (Å²) in [6.07, 6.45) is 1.70. The predicted octanol–water partition coefficient (Wildman–Crippen LogP) is 4.58. The summed E-state index contributed by atoms with van der Waals surface area (Å²) in [6.45, 7) is 5.66. The largest absolute Gasteiger partial charge is 0.298 e. The van der Waals surface area contributed by atoms with E-state index in [1.807, 2.05) is 20.8 Å². The van der Waals surface area contributed by atoms with Crippen LogP contribution >= 0.6 is 15.9 Å². The summed E-state index contributed by atoms with van der Waals surface area (Å²) in [5.41, 5.74) is -0.368. The number of ketones is 1. The lowest BCUT2D eigenvalue weighted by atomic mass is 9.81. The van der Waals surface area contributed by atoms with Crippen LogP contribution in [0, 0.1) is 11.3 Å². The van der Waals surface area contributed by atoms with Gasteiger partial charge < -0.3 is 0 Å². The third-order valence-corrected chi connectivity index (χ3v) is 4.19. The summed E-state index contributed by atoms with van der Waals surface area (Å²) >= 11 is 3.41. The Morgan fingerprint density at radius 2 is 1.82 bits per heavy atom. The topological polar surface area (TPSA) is 17.1 Å². The summed E-state index contributed by atoms with van der Waals surface area (Å²) in [5, 5.41) is 0. The molecule has 1 fully saturated rings. The van der Waals surface area contributed by atoms with Crippen molar-refractivity contribution in [2.45, 2.75) is 63.6 Å². The van der Waals surface area contributed by atoms with Crippen LogP contribution < -0.4 is 0 Å². The van der Waals surface area contributed by atoms with Crippen LogP contribution in [0.25, 0.3) is 0 Å². The molecule has 0 spiro atoms. The quantitative estimate of drug-likeness (QED) is 0.697. The minimum atomic E-state index is -2.48. The summed E-state index contributed by atoms with van der Waals surface area (Å²) in [6, 6.07) is 0. The van der Waals surface area contributed by atoms with Gasteiger partial charge in [0, 0.05) is 18.3 Å². The van der Waals surface area contributed by atoms with Crippen LogP contribution in [0.15, 0.2) is 0 Å². The second-order valence-corrected chi connectivity index (χ2v) is 7.22. The maximum absolute atomic E-state index is 13.0. The van der Waals surface area contributed by atoms with Crippen molar-refractivity contribution < 1.29 is 13.6 Å². The highest BCUT2D eigenvalue weighted by Gasteiger charge is 2.37. The van der Waals surface area contributed by atoms with Gasteiger partial charge in [-0.1, -0.05) is 36.7 Å². The zero-order chi connectivity index (χ0) is 13.3. The number of Topliss-reactive ketones (excluding diaryl/α,β-unsaturated/α-hetero) is 1. The molecule has 17 heavy (non-hydrogen) atoms. The molecule has 0 heterocycles. The van der Waals surface area contributed by atoms with Gasteiger partial charge in [0.25, 0.3) is 0 Å². The number of alkyl halides is 3. The molecule has 0 N–H and O–H groups in total. The average Bonchev–Trinajstić information content (AvgIpc) is 2.18. The highest BCUT2D eigenvalue weighted by molar-refractivity contribution is 9.10. The van der Waals surface area contributed by atoms with E-state index in [1.165, 1.54) is 0 Å². The van der Waals surface area contributed by atoms with Crippen LogP contribution in [0.5, 0.6) is 0 Å². The SMILES string of the molecule is CC(C)(C)C(=O)[C@H](Br)CC1CCC(F)(F)CC1. The van der Waals surface area contributed by atoms with E-state index >= 15 is 0 Å². The van der Waals surface area contributed by atoms with Crippen molar-refractivity contribution >= 4 is 21.7 Å². The zero-order valence-electron chi connectivity index (χ0n) is 10.7. The van der Waals surface area contributed by atoms with Gasteiger partial charge in [-0.2, -0.15) is 0 Å². The van der Waals surface area contributed by atoms with E-state index < -0.39 is 5.92 Å². The molecule has 1 aliphatic rings. The normalized spacial score (nSPS) is 23.4. The number of hydrogen-bond donors (Lipinski definition) is 0. The standard InChI is InChI=1S/C13H21BrF2O/c1-12(2,3)11(17)10(14)8-9-4-6-13(15,16)7-5-9/h9-10H,4-8H2,1-3H3/t10-/m1/s1. The molecule has 1 saturated carbocycles. The maximum Gasteiger partial charge on any atom is 0.248 e. The highest BCUT2D eigenvalue weighted by atomic mass is 79.9. The molecule has 4 heteroatoms. The number of rotatable bonds is 3. The van der Waals surface area contributed by atoms with E-state index in [0.29, 0.717) is 19.3 Å². The third-order valence-electron chi connectivity index (χ3n) is 3.40. The molecule has 0 unspecified atom stereocenters. The van der Waals surface area contributed by atoms with Crippen LogP contribution in [0.1, 0.15) is 52.9 Å². The summed E-state index contributed by atoms with van der Waals surface area (Å²) in [7, 11) is 0. The first-order chi connectivity index (χ1) is 7.62. The molecule has 0 aromatic heterocycles. The molecular weight excluding hydrogens is 290 g/mol. The van der Waals surface area contributed by atoms with Crippen molar-refractivity contribution in [2.75, 3.05) is 0 Å². The first-order valence-corrected chi connectivity index (χ1v) is 7.09. The molecule has 100 valence electrons. The molecule has 0 aliphatic heterocycles. The molecule has 1 aliphatic carbocycles. The molecule has 0 aromatic rings. The number of carbonyl (C=O) groups excluding carboxylic acids is 1. The Balaban J connectivity index is 2.43. The molecule has 0 aromatic carbocycles. The van der Waals surface area contributed by atoms with Gasteiger partial charge in [0.2, 0.25) is 5.92 Å². The Kier molecular flexibility index (Phi) is 4.73. The van der Waals surface area contributed by atoms with Gasteiger partial charge in [-0.3, -0.25) is 4.79 Å². The van der Waals surface area contributed by atoms with Gasteiger partial charge in [-0.25, -0.2) is 8.78 Å². The lowest BCUT2D eigenvalue weighted by Crippen LogP contribution is -2.32. The number of carbonyl (C=O) groups is 1. The first kappa shape index (κ1) is 15.1. The van der Waals surface area contributed by atoms with Crippen LogP contribution in [0.2, 0.25) is 0 Å². The maximum atomic E-state index is 13.0. The minimum Gasteiger partial charge on any atom is -0.298 e. The Labute approximate surface area is 110 Å².